The zero-order valence-corrected chi connectivity index (χ0v) is 22.8. The lowest BCUT2D eigenvalue weighted by Crippen LogP contribution is -2.46. The van der Waals surface area contributed by atoms with Crippen LogP contribution in [0, 0.1) is 6.92 Å². The maximum absolute atomic E-state index is 13.0. The Morgan fingerprint density at radius 3 is 2.56 bits per heavy atom. The van der Waals surface area contributed by atoms with Crippen molar-refractivity contribution in [1.29, 1.82) is 0 Å². The number of hydrogen-bond donors (Lipinski definition) is 1. The summed E-state index contributed by atoms with van der Waals surface area (Å²) in [4.78, 5) is 37.3. The van der Waals surface area contributed by atoms with Gasteiger partial charge in [-0.3, -0.25) is 4.79 Å². The van der Waals surface area contributed by atoms with Gasteiger partial charge in [-0.1, -0.05) is 11.8 Å². The first-order valence-corrected chi connectivity index (χ1v) is 13.6. The summed E-state index contributed by atoms with van der Waals surface area (Å²) in [5.74, 6) is 1.53. The standard InChI is InChI=1S/C26H31N3O5S2/c1-16-27-19-7-6-17(33-5)14-18(19)23(28-16)35-15-20(30)21-8-9-22(36-21)26(32)10-12-29(13-11-26)24(31)34-25(2,3)4/h6-9,14,32H,10-13,15H2,1-5H3. The molecule has 1 aliphatic heterocycles. The van der Waals surface area contributed by atoms with Crippen molar-refractivity contribution in [2.75, 3.05) is 26.0 Å². The number of aliphatic hydroxyl groups is 1. The third kappa shape index (κ3) is 5.99. The van der Waals surface area contributed by atoms with E-state index in [4.69, 9.17) is 9.47 Å². The van der Waals surface area contributed by atoms with Gasteiger partial charge >= 0.3 is 6.09 Å². The summed E-state index contributed by atoms with van der Waals surface area (Å²) < 4.78 is 10.8. The number of nitrogens with zero attached hydrogens (tertiary/aromatic N) is 3. The van der Waals surface area contributed by atoms with E-state index in [0.29, 0.717) is 42.4 Å². The molecule has 36 heavy (non-hydrogen) atoms. The van der Waals surface area contributed by atoms with Crippen LogP contribution < -0.4 is 4.74 Å². The van der Waals surface area contributed by atoms with Gasteiger partial charge in [0.15, 0.2) is 5.78 Å². The average Bonchev–Trinajstić information content (AvgIpc) is 3.33. The Labute approximate surface area is 219 Å². The molecule has 0 radical (unpaired) electrons. The number of carbonyl (C=O) groups is 2. The fraction of sp³-hybridized carbons (Fsp3) is 0.462. The number of thioether (sulfide) groups is 1. The third-order valence-electron chi connectivity index (χ3n) is 5.90. The van der Waals surface area contributed by atoms with E-state index in [1.54, 1.807) is 18.1 Å². The SMILES string of the molecule is COc1ccc2nc(C)nc(SCC(=O)c3ccc(C4(O)CCN(C(=O)OC(C)(C)C)CC4)s3)c2c1. The van der Waals surface area contributed by atoms with Crippen LogP contribution in [0.25, 0.3) is 10.9 Å². The Hall–Kier alpha value is -2.69. The molecule has 3 aromatic rings. The minimum atomic E-state index is -1.06. The van der Waals surface area contributed by atoms with Gasteiger partial charge in [-0.25, -0.2) is 14.8 Å². The highest BCUT2D eigenvalue weighted by atomic mass is 32.2. The van der Waals surface area contributed by atoms with E-state index in [-0.39, 0.29) is 17.6 Å². The van der Waals surface area contributed by atoms with Gasteiger partial charge in [0, 0.05) is 23.4 Å². The van der Waals surface area contributed by atoms with Crippen LogP contribution in [0.15, 0.2) is 35.4 Å². The summed E-state index contributed by atoms with van der Waals surface area (Å²) in [5, 5.41) is 12.8. The molecule has 1 aliphatic rings. The third-order valence-corrected chi connectivity index (χ3v) is 8.21. The van der Waals surface area contributed by atoms with Crippen molar-refractivity contribution in [3.8, 4) is 5.75 Å². The number of ether oxygens (including phenoxy) is 2. The largest absolute Gasteiger partial charge is 0.497 e. The summed E-state index contributed by atoms with van der Waals surface area (Å²) >= 11 is 2.68. The number of aromatic nitrogens is 2. The molecule has 1 fully saturated rings. The maximum Gasteiger partial charge on any atom is 0.410 e. The molecule has 0 saturated carbocycles. The fourth-order valence-corrected chi connectivity index (χ4v) is 6.12. The molecule has 4 rings (SSSR count). The highest BCUT2D eigenvalue weighted by Gasteiger charge is 2.38. The zero-order chi connectivity index (χ0) is 26.1. The number of aryl methyl sites for hydroxylation is 1. The van der Waals surface area contributed by atoms with Crippen LogP contribution in [-0.4, -0.2) is 63.4 Å². The molecule has 0 aliphatic carbocycles. The first kappa shape index (κ1) is 26.4. The Kier molecular flexibility index (Phi) is 7.59. The van der Waals surface area contributed by atoms with Crippen LogP contribution in [0.4, 0.5) is 4.79 Å². The van der Waals surface area contributed by atoms with Crippen molar-refractivity contribution in [2.24, 2.45) is 0 Å². The lowest BCUT2D eigenvalue weighted by atomic mass is 9.90. The van der Waals surface area contributed by atoms with E-state index in [9.17, 15) is 14.7 Å². The van der Waals surface area contributed by atoms with Crippen molar-refractivity contribution >= 4 is 45.9 Å². The first-order valence-electron chi connectivity index (χ1n) is 11.8. The number of rotatable bonds is 6. The van der Waals surface area contributed by atoms with Gasteiger partial charge in [0.1, 0.15) is 27.8 Å². The van der Waals surface area contributed by atoms with Gasteiger partial charge in [-0.05, 0) is 70.9 Å². The van der Waals surface area contributed by atoms with Gasteiger partial charge in [-0.15, -0.1) is 11.3 Å². The zero-order valence-electron chi connectivity index (χ0n) is 21.2. The summed E-state index contributed by atoms with van der Waals surface area (Å²) in [5.41, 5.74) is -0.823. The predicted molar refractivity (Wildman–Crippen MR) is 141 cm³/mol. The second-order valence-electron chi connectivity index (χ2n) is 9.83. The smallest absolute Gasteiger partial charge is 0.410 e. The van der Waals surface area contributed by atoms with Gasteiger partial charge in [0.25, 0.3) is 0 Å². The Morgan fingerprint density at radius 2 is 1.89 bits per heavy atom. The quantitative estimate of drug-likeness (QED) is 0.264. The monoisotopic (exact) mass is 529 g/mol. The highest BCUT2D eigenvalue weighted by Crippen LogP contribution is 2.38. The second-order valence-corrected chi connectivity index (χ2v) is 11.9. The van der Waals surface area contributed by atoms with Crippen LogP contribution in [0.5, 0.6) is 5.75 Å². The lowest BCUT2D eigenvalue weighted by Gasteiger charge is -2.38. The molecule has 192 valence electrons. The lowest BCUT2D eigenvalue weighted by molar-refractivity contribution is -0.0335. The number of thiophene rings is 1. The number of piperidine rings is 1. The van der Waals surface area contributed by atoms with Crippen LogP contribution in [-0.2, 0) is 10.3 Å². The van der Waals surface area contributed by atoms with Gasteiger partial charge in [-0.2, -0.15) is 0 Å². The van der Waals surface area contributed by atoms with Gasteiger partial charge < -0.3 is 19.5 Å². The molecule has 8 nitrogen and oxygen atoms in total. The van der Waals surface area contributed by atoms with Crippen LogP contribution in [0.3, 0.4) is 0 Å². The first-order chi connectivity index (χ1) is 17.0. The summed E-state index contributed by atoms with van der Waals surface area (Å²) in [7, 11) is 1.61. The minimum Gasteiger partial charge on any atom is -0.497 e. The molecule has 1 amide bonds. The molecule has 0 spiro atoms. The Bertz CT molecular complexity index is 1280. The number of methoxy groups -OCH3 is 1. The van der Waals surface area contributed by atoms with Gasteiger partial charge in [0.05, 0.1) is 23.3 Å². The molecular formula is C26H31N3O5S2. The number of likely N-dealkylation sites (tertiary alicyclic amines) is 1. The van der Waals surface area contributed by atoms with E-state index in [0.717, 1.165) is 20.8 Å². The molecular weight excluding hydrogens is 498 g/mol. The number of ketones is 1. The van der Waals surface area contributed by atoms with Crippen LogP contribution >= 0.6 is 23.1 Å². The average molecular weight is 530 g/mol. The number of Topliss-reactive ketones (excluding diaryl/α,β-unsaturated/α-hetero) is 1. The normalized spacial score (nSPS) is 15.7. The highest BCUT2D eigenvalue weighted by molar-refractivity contribution is 8.00. The molecule has 1 aromatic carbocycles. The number of fused-ring (bicyclic) bond motifs is 1. The van der Waals surface area contributed by atoms with Gasteiger partial charge in [0.2, 0.25) is 0 Å². The van der Waals surface area contributed by atoms with Crippen LogP contribution in [0.2, 0.25) is 0 Å². The van der Waals surface area contributed by atoms with E-state index in [2.05, 4.69) is 9.97 Å². The number of amides is 1. The molecule has 1 N–H and O–H groups in total. The van der Waals surface area contributed by atoms with Crippen molar-refractivity contribution in [1.82, 2.24) is 14.9 Å². The van der Waals surface area contributed by atoms with Crippen molar-refractivity contribution in [3.63, 3.8) is 0 Å². The van der Waals surface area contributed by atoms with E-state index < -0.39 is 11.2 Å². The molecule has 1 saturated heterocycles. The van der Waals surface area contributed by atoms with Crippen molar-refractivity contribution in [2.45, 2.75) is 56.8 Å². The van der Waals surface area contributed by atoms with E-state index in [1.807, 2.05) is 52.0 Å². The number of benzene rings is 1. The predicted octanol–water partition coefficient (Wildman–Crippen LogP) is 5.20. The topological polar surface area (TPSA) is 102 Å². The van der Waals surface area contributed by atoms with E-state index >= 15 is 0 Å². The minimum absolute atomic E-state index is 0.0293. The molecule has 2 aromatic heterocycles. The van der Waals surface area contributed by atoms with Crippen molar-refractivity contribution in [3.05, 3.63) is 45.9 Å². The maximum atomic E-state index is 13.0. The molecule has 10 heteroatoms. The molecule has 3 heterocycles. The summed E-state index contributed by atoms with van der Waals surface area (Å²) in [6.45, 7) is 8.12. The van der Waals surface area contributed by atoms with E-state index in [1.165, 1.54) is 23.1 Å². The number of carbonyl (C=O) groups excluding carboxylic acids is 2. The number of hydrogen-bond acceptors (Lipinski definition) is 9. The molecule has 0 atom stereocenters. The Balaban J connectivity index is 1.41. The summed E-state index contributed by atoms with van der Waals surface area (Å²) in [6.07, 6.45) is 0.417. The van der Waals surface area contributed by atoms with Crippen molar-refractivity contribution < 1.29 is 24.2 Å². The molecule has 0 unspecified atom stereocenters. The Morgan fingerprint density at radius 1 is 1.17 bits per heavy atom. The second kappa shape index (κ2) is 10.4. The fourth-order valence-electron chi connectivity index (χ4n) is 4.00. The van der Waals surface area contributed by atoms with Crippen LogP contribution in [0.1, 0.15) is 54.0 Å². The summed E-state index contributed by atoms with van der Waals surface area (Å²) in [6, 6.07) is 9.21. The molecule has 0 bridgehead atoms.